The molecular weight excluding hydrogens is 352 g/mol. The van der Waals surface area contributed by atoms with Crippen molar-refractivity contribution in [3.63, 3.8) is 0 Å². The first kappa shape index (κ1) is 17.9. The van der Waals surface area contributed by atoms with Crippen molar-refractivity contribution in [3.8, 4) is 0 Å². The Labute approximate surface area is 156 Å². The van der Waals surface area contributed by atoms with Gasteiger partial charge in [0.15, 0.2) is 0 Å². The Kier molecular flexibility index (Phi) is 4.84. The number of amides is 2. The van der Waals surface area contributed by atoms with Crippen molar-refractivity contribution in [2.24, 2.45) is 5.73 Å². The Morgan fingerprint density at radius 1 is 1.26 bits per heavy atom. The van der Waals surface area contributed by atoms with Gasteiger partial charge in [0.25, 0.3) is 0 Å². The van der Waals surface area contributed by atoms with Crippen molar-refractivity contribution in [1.29, 1.82) is 0 Å². The highest BCUT2D eigenvalue weighted by atomic mass is 19.1. The molecule has 1 fully saturated rings. The molecule has 2 atom stereocenters. The number of hydrogen-bond donors (Lipinski definition) is 3. The minimum Gasteiger partial charge on any atom is -0.368 e. The predicted octanol–water partition coefficient (Wildman–Crippen LogP) is 1.61. The van der Waals surface area contributed by atoms with Gasteiger partial charge in [-0.2, -0.15) is 0 Å². The van der Waals surface area contributed by atoms with E-state index in [0.717, 1.165) is 55.4 Å². The molecule has 4 N–H and O–H groups in total. The molecule has 0 bridgehead atoms. The van der Waals surface area contributed by atoms with Gasteiger partial charge in [0.05, 0.1) is 6.54 Å². The van der Waals surface area contributed by atoms with Gasteiger partial charge < -0.3 is 16.4 Å². The maximum atomic E-state index is 14.2. The van der Waals surface area contributed by atoms with Crippen LogP contribution in [0.25, 0.3) is 0 Å². The lowest BCUT2D eigenvalue weighted by Crippen LogP contribution is -2.55. The zero-order valence-electron chi connectivity index (χ0n) is 14.9. The molecule has 1 aromatic rings. The van der Waals surface area contributed by atoms with Crippen LogP contribution in [0.1, 0.15) is 18.4 Å². The molecule has 8 heteroatoms. The lowest BCUT2D eigenvalue weighted by Gasteiger charge is -2.39. The third-order valence-electron chi connectivity index (χ3n) is 5.26. The molecule has 0 spiro atoms. The maximum Gasteiger partial charge on any atom is 0.323 e. The number of carbonyl (C=O) groups is 1. The number of nitrogens with zero attached hydrogens (tertiary/aromatic N) is 2. The van der Waals surface area contributed by atoms with E-state index in [1.807, 2.05) is 6.08 Å². The van der Waals surface area contributed by atoms with E-state index >= 15 is 0 Å². The van der Waals surface area contributed by atoms with E-state index in [1.54, 1.807) is 6.20 Å². The molecular formula is C19H23F2N5O. The van der Waals surface area contributed by atoms with E-state index < -0.39 is 11.6 Å². The predicted molar refractivity (Wildman–Crippen MR) is 97.2 cm³/mol. The quantitative estimate of drug-likeness (QED) is 0.748. The molecule has 3 aliphatic heterocycles. The van der Waals surface area contributed by atoms with E-state index in [2.05, 4.69) is 15.5 Å². The Morgan fingerprint density at radius 2 is 2.11 bits per heavy atom. The Balaban J connectivity index is 1.65. The molecule has 0 radical (unpaired) electrons. The van der Waals surface area contributed by atoms with Gasteiger partial charge in [0, 0.05) is 36.0 Å². The van der Waals surface area contributed by atoms with Crippen LogP contribution in [-0.2, 0) is 6.54 Å². The zero-order valence-corrected chi connectivity index (χ0v) is 14.9. The highest BCUT2D eigenvalue weighted by molar-refractivity contribution is 5.79. The summed E-state index contributed by atoms with van der Waals surface area (Å²) in [4.78, 5) is 16.4. The third-order valence-corrected chi connectivity index (χ3v) is 5.26. The Bertz CT molecular complexity index is 809. The standard InChI is InChI=1S/C19H23F2N5O/c20-13-3-4-16(21)12(8-13)9-26-17(11-25-7-1-2-14(22)10-25)15-5-6-23-18(15)24-19(26)27/h3-6,8,14,18,23H,1-2,7,9-11,22H2,(H,24,27). The summed E-state index contributed by atoms with van der Waals surface area (Å²) in [5.41, 5.74) is 7.97. The van der Waals surface area contributed by atoms with Gasteiger partial charge in [-0.25, -0.2) is 13.6 Å². The van der Waals surface area contributed by atoms with Crippen molar-refractivity contribution >= 4 is 6.03 Å². The number of urea groups is 1. The van der Waals surface area contributed by atoms with Crippen molar-refractivity contribution < 1.29 is 13.6 Å². The fourth-order valence-electron chi connectivity index (χ4n) is 3.91. The summed E-state index contributed by atoms with van der Waals surface area (Å²) in [6, 6.07) is 3.08. The molecule has 0 saturated carbocycles. The van der Waals surface area contributed by atoms with Gasteiger partial charge in [0.2, 0.25) is 0 Å². The summed E-state index contributed by atoms with van der Waals surface area (Å²) >= 11 is 0. The van der Waals surface area contributed by atoms with Crippen LogP contribution in [0.5, 0.6) is 0 Å². The minimum absolute atomic E-state index is 0.0330. The molecule has 3 aliphatic rings. The van der Waals surface area contributed by atoms with Crippen LogP contribution in [0.3, 0.4) is 0 Å². The van der Waals surface area contributed by atoms with Gasteiger partial charge >= 0.3 is 6.03 Å². The van der Waals surface area contributed by atoms with Gasteiger partial charge in [-0.15, -0.1) is 0 Å². The Hall–Kier alpha value is -2.45. The molecule has 6 nitrogen and oxygen atoms in total. The SMILES string of the molecule is NC1CCCN(CC2=C3C=CNC3NC(=O)N2Cc2cc(F)ccc2F)C1. The fourth-order valence-corrected chi connectivity index (χ4v) is 3.91. The van der Waals surface area contributed by atoms with Crippen molar-refractivity contribution in [2.45, 2.75) is 31.6 Å². The number of fused-ring (bicyclic) bond motifs is 1. The third kappa shape index (κ3) is 3.68. The van der Waals surface area contributed by atoms with Crippen molar-refractivity contribution in [3.05, 3.63) is 58.9 Å². The van der Waals surface area contributed by atoms with Gasteiger partial charge in [-0.3, -0.25) is 9.80 Å². The second kappa shape index (κ2) is 7.28. The molecule has 0 aromatic heterocycles. The lowest BCUT2D eigenvalue weighted by atomic mass is 10.0. The normalized spacial score (nSPS) is 25.4. The first-order valence-corrected chi connectivity index (χ1v) is 9.17. The smallest absolute Gasteiger partial charge is 0.323 e. The molecule has 0 aliphatic carbocycles. The number of piperidine rings is 1. The topological polar surface area (TPSA) is 73.6 Å². The molecule has 27 heavy (non-hydrogen) atoms. The fraction of sp³-hybridized carbons (Fsp3) is 0.421. The van der Waals surface area contributed by atoms with E-state index in [1.165, 1.54) is 4.90 Å². The Morgan fingerprint density at radius 3 is 2.93 bits per heavy atom. The summed E-state index contributed by atoms with van der Waals surface area (Å²) in [6.45, 7) is 2.16. The molecule has 2 unspecified atom stereocenters. The summed E-state index contributed by atoms with van der Waals surface area (Å²) in [5.74, 6) is -1.06. The number of likely N-dealkylation sites (tertiary alicyclic amines) is 1. The number of benzene rings is 1. The largest absolute Gasteiger partial charge is 0.368 e. The lowest BCUT2D eigenvalue weighted by molar-refractivity contribution is 0.177. The van der Waals surface area contributed by atoms with Gasteiger partial charge in [0.1, 0.15) is 17.8 Å². The highest BCUT2D eigenvalue weighted by Gasteiger charge is 2.35. The first-order chi connectivity index (χ1) is 13.0. The number of rotatable bonds is 4. The van der Waals surface area contributed by atoms with Crippen LogP contribution in [0.2, 0.25) is 0 Å². The molecule has 1 saturated heterocycles. The molecule has 3 heterocycles. The first-order valence-electron chi connectivity index (χ1n) is 9.17. The van der Waals surface area contributed by atoms with Crippen LogP contribution < -0.4 is 16.4 Å². The van der Waals surface area contributed by atoms with E-state index in [4.69, 9.17) is 5.73 Å². The molecule has 4 rings (SSSR count). The molecule has 2 amide bonds. The highest BCUT2D eigenvalue weighted by Crippen LogP contribution is 2.27. The number of carbonyl (C=O) groups excluding carboxylic acids is 1. The van der Waals surface area contributed by atoms with Crippen molar-refractivity contribution in [2.75, 3.05) is 19.6 Å². The average Bonchev–Trinajstić information content (AvgIpc) is 3.09. The number of nitrogens with one attached hydrogen (secondary N) is 2. The number of hydrogen-bond acceptors (Lipinski definition) is 4. The summed E-state index contributed by atoms with van der Waals surface area (Å²) in [5, 5.41) is 5.95. The average molecular weight is 375 g/mol. The van der Waals surface area contributed by atoms with Crippen LogP contribution >= 0.6 is 0 Å². The minimum atomic E-state index is -0.532. The zero-order chi connectivity index (χ0) is 19.0. The van der Waals surface area contributed by atoms with Crippen LogP contribution in [-0.4, -0.2) is 47.7 Å². The summed E-state index contributed by atoms with van der Waals surface area (Å²) in [7, 11) is 0. The van der Waals surface area contributed by atoms with E-state index in [9.17, 15) is 13.6 Å². The van der Waals surface area contributed by atoms with Gasteiger partial charge in [-0.1, -0.05) is 0 Å². The van der Waals surface area contributed by atoms with Crippen LogP contribution in [0.15, 0.2) is 41.7 Å². The second-order valence-electron chi connectivity index (χ2n) is 7.24. The summed E-state index contributed by atoms with van der Waals surface area (Å²) in [6.07, 6.45) is 5.41. The number of nitrogens with two attached hydrogens (primary N) is 1. The molecule has 1 aromatic carbocycles. The van der Waals surface area contributed by atoms with Crippen LogP contribution in [0, 0.1) is 11.6 Å². The maximum absolute atomic E-state index is 14.2. The monoisotopic (exact) mass is 375 g/mol. The van der Waals surface area contributed by atoms with Gasteiger partial charge in [-0.05, 0) is 49.9 Å². The summed E-state index contributed by atoms with van der Waals surface area (Å²) < 4.78 is 27.7. The van der Waals surface area contributed by atoms with Crippen molar-refractivity contribution in [1.82, 2.24) is 20.4 Å². The van der Waals surface area contributed by atoms with E-state index in [0.29, 0.717) is 6.54 Å². The second-order valence-corrected chi connectivity index (χ2v) is 7.24. The number of halogens is 2. The van der Waals surface area contributed by atoms with Crippen LogP contribution in [0.4, 0.5) is 13.6 Å². The van der Waals surface area contributed by atoms with E-state index in [-0.39, 0.29) is 30.3 Å². The molecule has 144 valence electrons.